The van der Waals surface area contributed by atoms with Crippen molar-refractivity contribution in [2.75, 3.05) is 32.7 Å². The van der Waals surface area contributed by atoms with Crippen LogP contribution in [0.5, 0.6) is 0 Å². The maximum absolute atomic E-state index is 12.9. The van der Waals surface area contributed by atoms with Gasteiger partial charge in [0.2, 0.25) is 0 Å². The van der Waals surface area contributed by atoms with Crippen molar-refractivity contribution in [3.63, 3.8) is 0 Å². The summed E-state index contributed by atoms with van der Waals surface area (Å²) in [5, 5.41) is 12.0. The molecule has 4 rings (SSSR count). The third-order valence-electron chi connectivity index (χ3n) is 5.87. The van der Waals surface area contributed by atoms with E-state index in [4.69, 9.17) is 0 Å². The Bertz CT molecular complexity index is 702. The molecule has 1 aromatic heterocycles. The summed E-state index contributed by atoms with van der Waals surface area (Å²) >= 11 is 0. The van der Waals surface area contributed by atoms with Gasteiger partial charge in [0.1, 0.15) is 11.6 Å². The molecule has 0 radical (unpaired) electrons. The topological polar surface area (TPSA) is 83.4 Å². The number of fused-ring (bicyclic) bond motifs is 1. The van der Waals surface area contributed by atoms with Crippen LogP contribution in [0.25, 0.3) is 0 Å². The molecular formula is C16H28N6O2S. The van der Waals surface area contributed by atoms with Gasteiger partial charge in [-0.15, -0.1) is 10.2 Å². The van der Waals surface area contributed by atoms with E-state index in [1.54, 1.807) is 8.61 Å². The molecule has 0 unspecified atom stereocenters. The van der Waals surface area contributed by atoms with Crippen LogP contribution in [-0.4, -0.2) is 64.5 Å². The van der Waals surface area contributed by atoms with Gasteiger partial charge in [-0.1, -0.05) is 6.92 Å². The molecule has 0 aromatic carbocycles. The zero-order chi connectivity index (χ0) is 17.4. The first-order valence-electron chi connectivity index (χ1n) is 9.43. The van der Waals surface area contributed by atoms with Crippen LogP contribution in [0.2, 0.25) is 0 Å². The standard InChI is InChI=1S/C16H28N6O2S/c1-13-2-7-20(8-3-13)25(23,24)21-9-4-14(5-10-21)16-19-18-15-12-17-6-11-22(15)16/h13-14,17H,2-12H2,1H3. The Morgan fingerprint density at radius 1 is 0.960 bits per heavy atom. The van der Waals surface area contributed by atoms with Gasteiger partial charge in [-0.3, -0.25) is 0 Å². The summed E-state index contributed by atoms with van der Waals surface area (Å²) in [6, 6.07) is 0. The SMILES string of the molecule is CC1CCN(S(=O)(=O)N2CCC(c3nnc4n3CCNC4)CC2)CC1. The first-order valence-corrected chi connectivity index (χ1v) is 10.8. The van der Waals surface area contributed by atoms with E-state index < -0.39 is 10.2 Å². The molecule has 1 aromatic rings. The largest absolute Gasteiger partial charge is 0.312 e. The summed E-state index contributed by atoms with van der Waals surface area (Å²) in [7, 11) is -3.30. The monoisotopic (exact) mass is 368 g/mol. The Kier molecular flexibility index (Phi) is 4.83. The Balaban J connectivity index is 1.40. The average Bonchev–Trinajstić information content (AvgIpc) is 3.06. The molecule has 140 valence electrons. The lowest BCUT2D eigenvalue weighted by Gasteiger charge is -2.37. The van der Waals surface area contributed by atoms with Crippen molar-refractivity contribution in [3.05, 3.63) is 11.6 Å². The third kappa shape index (κ3) is 3.34. The second-order valence-electron chi connectivity index (χ2n) is 7.57. The van der Waals surface area contributed by atoms with E-state index in [2.05, 4.69) is 27.0 Å². The first-order chi connectivity index (χ1) is 12.1. The maximum Gasteiger partial charge on any atom is 0.281 e. The normalized spacial score (nSPS) is 25.2. The molecule has 1 N–H and O–H groups in total. The second kappa shape index (κ2) is 6.94. The number of nitrogens with zero attached hydrogens (tertiary/aromatic N) is 5. The molecule has 2 fully saturated rings. The van der Waals surface area contributed by atoms with Gasteiger partial charge in [0.25, 0.3) is 10.2 Å². The van der Waals surface area contributed by atoms with E-state index in [9.17, 15) is 8.42 Å². The molecule has 25 heavy (non-hydrogen) atoms. The molecule has 9 heteroatoms. The van der Waals surface area contributed by atoms with E-state index in [1.807, 2.05) is 0 Å². The van der Waals surface area contributed by atoms with E-state index in [1.165, 1.54) is 0 Å². The summed E-state index contributed by atoms with van der Waals surface area (Å²) in [5.41, 5.74) is 0. The number of aromatic nitrogens is 3. The van der Waals surface area contributed by atoms with Crippen molar-refractivity contribution < 1.29 is 8.42 Å². The summed E-state index contributed by atoms with van der Waals surface area (Å²) in [6.45, 7) is 7.31. The van der Waals surface area contributed by atoms with Gasteiger partial charge in [-0.05, 0) is 31.6 Å². The van der Waals surface area contributed by atoms with E-state index in [0.29, 0.717) is 38.0 Å². The lowest BCUT2D eigenvalue weighted by atomic mass is 9.97. The van der Waals surface area contributed by atoms with Crippen molar-refractivity contribution >= 4 is 10.2 Å². The Labute approximate surface area is 149 Å². The molecule has 0 aliphatic carbocycles. The fourth-order valence-corrected chi connectivity index (χ4v) is 5.81. The highest BCUT2D eigenvalue weighted by Crippen LogP contribution is 2.30. The van der Waals surface area contributed by atoms with Crippen molar-refractivity contribution in [2.24, 2.45) is 5.92 Å². The van der Waals surface area contributed by atoms with Gasteiger partial charge in [0.05, 0.1) is 6.54 Å². The molecule has 0 saturated carbocycles. The van der Waals surface area contributed by atoms with Gasteiger partial charge in [-0.25, -0.2) is 0 Å². The second-order valence-corrected chi connectivity index (χ2v) is 9.49. The number of nitrogens with one attached hydrogen (secondary N) is 1. The van der Waals surface area contributed by atoms with Crippen LogP contribution in [0.4, 0.5) is 0 Å². The van der Waals surface area contributed by atoms with Crippen molar-refractivity contribution in [3.8, 4) is 0 Å². The van der Waals surface area contributed by atoms with Crippen LogP contribution in [0.3, 0.4) is 0 Å². The number of rotatable bonds is 3. The maximum atomic E-state index is 12.9. The van der Waals surface area contributed by atoms with Crippen molar-refractivity contribution in [1.29, 1.82) is 0 Å². The summed E-state index contributed by atoms with van der Waals surface area (Å²) in [6.07, 6.45) is 3.59. The zero-order valence-corrected chi connectivity index (χ0v) is 15.7. The Morgan fingerprint density at radius 3 is 2.28 bits per heavy atom. The van der Waals surface area contributed by atoms with Crippen LogP contribution >= 0.6 is 0 Å². The molecule has 8 nitrogen and oxygen atoms in total. The summed E-state index contributed by atoms with van der Waals surface area (Å²) < 4.78 is 31.3. The number of hydrogen-bond acceptors (Lipinski definition) is 5. The quantitative estimate of drug-likeness (QED) is 0.842. The van der Waals surface area contributed by atoms with Gasteiger partial charge in [0, 0.05) is 45.2 Å². The zero-order valence-electron chi connectivity index (χ0n) is 14.9. The minimum atomic E-state index is -3.30. The molecule has 0 bridgehead atoms. The van der Waals surface area contributed by atoms with E-state index in [0.717, 1.165) is 57.0 Å². The lowest BCUT2D eigenvalue weighted by molar-refractivity contribution is 0.244. The van der Waals surface area contributed by atoms with E-state index in [-0.39, 0.29) is 0 Å². The van der Waals surface area contributed by atoms with Crippen molar-refractivity contribution in [2.45, 2.75) is 51.6 Å². The van der Waals surface area contributed by atoms with E-state index >= 15 is 0 Å². The Hall–Kier alpha value is -1.03. The van der Waals surface area contributed by atoms with Gasteiger partial charge in [-0.2, -0.15) is 17.0 Å². The molecule has 2 saturated heterocycles. The number of hydrogen-bond donors (Lipinski definition) is 1. The smallest absolute Gasteiger partial charge is 0.281 e. The highest BCUT2D eigenvalue weighted by molar-refractivity contribution is 7.86. The van der Waals surface area contributed by atoms with Crippen LogP contribution in [0.1, 0.15) is 50.2 Å². The highest BCUT2D eigenvalue weighted by Gasteiger charge is 2.36. The van der Waals surface area contributed by atoms with Gasteiger partial charge < -0.3 is 9.88 Å². The van der Waals surface area contributed by atoms with Crippen molar-refractivity contribution in [1.82, 2.24) is 28.7 Å². The lowest BCUT2D eigenvalue weighted by Crippen LogP contribution is -2.49. The van der Waals surface area contributed by atoms with Crippen LogP contribution in [0, 0.1) is 5.92 Å². The number of piperidine rings is 2. The molecule has 0 spiro atoms. The van der Waals surface area contributed by atoms with Crippen LogP contribution in [-0.2, 0) is 23.3 Å². The minimum Gasteiger partial charge on any atom is -0.312 e. The summed E-state index contributed by atoms with van der Waals surface area (Å²) in [4.78, 5) is 0. The predicted molar refractivity (Wildman–Crippen MR) is 94.2 cm³/mol. The summed E-state index contributed by atoms with van der Waals surface area (Å²) in [5.74, 6) is 2.98. The Morgan fingerprint density at radius 2 is 1.60 bits per heavy atom. The predicted octanol–water partition coefficient (Wildman–Crippen LogP) is 0.537. The molecule has 0 amide bonds. The molecule has 3 aliphatic rings. The first kappa shape index (κ1) is 17.4. The molecule has 0 atom stereocenters. The average molecular weight is 369 g/mol. The van der Waals surface area contributed by atoms with Crippen LogP contribution in [0.15, 0.2) is 0 Å². The fourth-order valence-electron chi connectivity index (χ4n) is 4.14. The van der Waals surface area contributed by atoms with Gasteiger partial charge in [0.15, 0.2) is 0 Å². The highest BCUT2D eigenvalue weighted by atomic mass is 32.2. The molecular weight excluding hydrogens is 340 g/mol. The minimum absolute atomic E-state index is 0.312. The van der Waals surface area contributed by atoms with Gasteiger partial charge >= 0.3 is 0 Å². The molecule has 3 aliphatic heterocycles. The van der Waals surface area contributed by atoms with Crippen LogP contribution < -0.4 is 5.32 Å². The third-order valence-corrected chi connectivity index (χ3v) is 7.90. The fraction of sp³-hybridized carbons (Fsp3) is 0.875. The molecule has 4 heterocycles.